The third-order valence-electron chi connectivity index (χ3n) is 3.25. The van der Waals surface area contributed by atoms with Gasteiger partial charge in [-0.05, 0) is 37.2 Å². The van der Waals surface area contributed by atoms with Gasteiger partial charge in [0.25, 0.3) is 0 Å². The van der Waals surface area contributed by atoms with Crippen molar-refractivity contribution in [2.75, 3.05) is 13.6 Å². The van der Waals surface area contributed by atoms with E-state index in [0.29, 0.717) is 6.54 Å². The Labute approximate surface area is 115 Å². The molecule has 0 amide bonds. The molecule has 0 spiro atoms. The summed E-state index contributed by atoms with van der Waals surface area (Å²) in [4.78, 5) is 2.30. The van der Waals surface area contributed by atoms with E-state index in [4.69, 9.17) is 10.2 Å². The second-order valence-corrected chi connectivity index (χ2v) is 5.02. The van der Waals surface area contributed by atoms with Crippen LogP contribution in [0, 0.1) is 6.92 Å². The van der Waals surface area contributed by atoms with Gasteiger partial charge in [0.05, 0.1) is 0 Å². The van der Waals surface area contributed by atoms with Crippen LogP contribution in [0.15, 0.2) is 40.8 Å². The quantitative estimate of drug-likeness (QED) is 0.866. The highest BCUT2D eigenvalue weighted by molar-refractivity contribution is 5.22. The molecule has 2 N–H and O–H groups in total. The molecule has 0 atom stereocenters. The van der Waals surface area contributed by atoms with Crippen LogP contribution < -0.4 is 5.73 Å². The zero-order chi connectivity index (χ0) is 13.7. The molecule has 0 unspecified atom stereocenters. The monoisotopic (exact) mass is 258 g/mol. The third-order valence-corrected chi connectivity index (χ3v) is 3.25. The minimum Gasteiger partial charge on any atom is -0.466 e. The summed E-state index contributed by atoms with van der Waals surface area (Å²) in [5.41, 5.74) is 8.09. The first kappa shape index (κ1) is 13.8. The van der Waals surface area contributed by atoms with Crippen LogP contribution in [-0.2, 0) is 19.5 Å². The molecule has 0 radical (unpaired) electrons. The molecule has 19 heavy (non-hydrogen) atoms. The first-order chi connectivity index (χ1) is 9.17. The van der Waals surface area contributed by atoms with Crippen molar-refractivity contribution in [2.24, 2.45) is 5.73 Å². The lowest BCUT2D eigenvalue weighted by Gasteiger charge is -2.16. The molecule has 0 aliphatic rings. The van der Waals surface area contributed by atoms with E-state index < -0.39 is 0 Å². The van der Waals surface area contributed by atoms with Crippen LogP contribution in [0.1, 0.15) is 22.6 Å². The van der Waals surface area contributed by atoms with Gasteiger partial charge in [-0.1, -0.05) is 24.3 Å². The number of rotatable bonds is 6. The van der Waals surface area contributed by atoms with Crippen molar-refractivity contribution in [3.05, 3.63) is 59.0 Å². The maximum atomic E-state index is 5.59. The molecule has 2 aromatic rings. The van der Waals surface area contributed by atoms with Crippen LogP contribution >= 0.6 is 0 Å². The van der Waals surface area contributed by atoms with Crippen molar-refractivity contribution in [1.29, 1.82) is 0 Å². The number of nitrogens with zero attached hydrogens (tertiary/aromatic N) is 1. The van der Waals surface area contributed by atoms with Gasteiger partial charge in [0.15, 0.2) is 0 Å². The van der Waals surface area contributed by atoms with E-state index in [0.717, 1.165) is 31.0 Å². The van der Waals surface area contributed by atoms with Crippen molar-refractivity contribution in [3.63, 3.8) is 0 Å². The van der Waals surface area contributed by atoms with E-state index in [1.165, 1.54) is 11.1 Å². The van der Waals surface area contributed by atoms with Crippen LogP contribution in [0.3, 0.4) is 0 Å². The van der Waals surface area contributed by atoms with Gasteiger partial charge in [0, 0.05) is 26.1 Å². The lowest BCUT2D eigenvalue weighted by Crippen LogP contribution is -2.20. The number of hydrogen-bond donors (Lipinski definition) is 1. The highest BCUT2D eigenvalue weighted by atomic mass is 16.3. The van der Waals surface area contributed by atoms with E-state index in [-0.39, 0.29) is 0 Å². The minimum atomic E-state index is 0.605. The highest BCUT2D eigenvalue weighted by Gasteiger charge is 2.03. The number of furan rings is 1. The number of aryl methyl sites for hydroxylation is 1. The fraction of sp³-hybridized carbons (Fsp3) is 0.375. The Kier molecular flexibility index (Phi) is 4.77. The predicted octanol–water partition coefficient (Wildman–Crippen LogP) is 2.72. The van der Waals surface area contributed by atoms with Crippen molar-refractivity contribution in [1.82, 2.24) is 4.90 Å². The van der Waals surface area contributed by atoms with Gasteiger partial charge < -0.3 is 15.1 Å². The number of hydrogen-bond acceptors (Lipinski definition) is 3. The Morgan fingerprint density at radius 3 is 2.32 bits per heavy atom. The molecule has 0 bridgehead atoms. The Bertz CT molecular complexity index is 502. The number of benzene rings is 1. The summed E-state index contributed by atoms with van der Waals surface area (Å²) in [5, 5.41) is 0. The van der Waals surface area contributed by atoms with Gasteiger partial charge in [0.1, 0.15) is 11.5 Å². The van der Waals surface area contributed by atoms with E-state index >= 15 is 0 Å². The van der Waals surface area contributed by atoms with Crippen LogP contribution in [0.25, 0.3) is 0 Å². The number of likely N-dealkylation sites (N-methyl/N-ethyl adjacent to an activating group) is 1. The average Bonchev–Trinajstić information content (AvgIpc) is 2.83. The molecule has 102 valence electrons. The molecule has 2 rings (SSSR count). The lowest BCUT2D eigenvalue weighted by atomic mass is 10.1. The fourth-order valence-corrected chi connectivity index (χ4v) is 2.09. The Morgan fingerprint density at radius 1 is 1.05 bits per heavy atom. The van der Waals surface area contributed by atoms with Crippen LogP contribution in [0.4, 0.5) is 0 Å². The number of nitrogens with two attached hydrogens (primary N) is 1. The summed E-state index contributed by atoms with van der Waals surface area (Å²) in [6.45, 7) is 4.52. The van der Waals surface area contributed by atoms with Crippen LogP contribution in [0.2, 0.25) is 0 Å². The average molecular weight is 258 g/mol. The normalized spacial score (nSPS) is 11.2. The molecule has 0 aliphatic carbocycles. The van der Waals surface area contributed by atoms with E-state index in [2.05, 4.69) is 42.3 Å². The molecule has 0 saturated heterocycles. The first-order valence-electron chi connectivity index (χ1n) is 6.69. The van der Waals surface area contributed by atoms with Gasteiger partial charge in [-0.15, -0.1) is 0 Å². The summed E-state index contributed by atoms with van der Waals surface area (Å²) in [6, 6.07) is 12.6. The van der Waals surface area contributed by atoms with Crippen LogP contribution in [-0.4, -0.2) is 18.5 Å². The summed E-state index contributed by atoms with van der Waals surface area (Å²) in [6.07, 6.45) is 0.950. The summed E-state index contributed by atoms with van der Waals surface area (Å²) in [5.74, 6) is 2.04. The van der Waals surface area contributed by atoms with Crippen molar-refractivity contribution in [2.45, 2.75) is 26.4 Å². The van der Waals surface area contributed by atoms with Gasteiger partial charge in [-0.3, -0.25) is 0 Å². The zero-order valence-electron chi connectivity index (χ0n) is 11.7. The maximum Gasteiger partial charge on any atom is 0.105 e. The molecule has 0 saturated carbocycles. The SMILES string of the molecule is Cc1ccc(CCN(C)Cc2ccc(CN)cc2)o1. The summed E-state index contributed by atoms with van der Waals surface area (Å²) >= 11 is 0. The van der Waals surface area contributed by atoms with E-state index in [1.807, 2.05) is 13.0 Å². The topological polar surface area (TPSA) is 42.4 Å². The Hall–Kier alpha value is -1.58. The van der Waals surface area contributed by atoms with Gasteiger partial charge >= 0.3 is 0 Å². The molecule has 3 nitrogen and oxygen atoms in total. The summed E-state index contributed by atoms with van der Waals surface area (Å²) < 4.78 is 5.57. The Morgan fingerprint density at radius 2 is 1.74 bits per heavy atom. The van der Waals surface area contributed by atoms with Crippen molar-refractivity contribution in [3.8, 4) is 0 Å². The molecular weight excluding hydrogens is 236 g/mol. The minimum absolute atomic E-state index is 0.605. The van der Waals surface area contributed by atoms with Crippen molar-refractivity contribution >= 4 is 0 Å². The van der Waals surface area contributed by atoms with Gasteiger partial charge in [-0.2, -0.15) is 0 Å². The highest BCUT2D eigenvalue weighted by Crippen LogP contribution is 2.09. The lowest BCUT2D eigenvalue weighted by molar-refractivity contribution is 0.319. The smallest absolute Gasteiger partial charge is 0.105 e. The molecule has 0 fully saturated rings. The van der Waals surface area contributed by atoms with E-state index in [9.17, 15) is 0 Å². The Balaban J connectivity index is 1.81. The van der Waals surface area contributed by atoms with Gasteiger partial charge in [-0.25, -0.2) is 0 Å². The molecule has 0 aliphatic heterocycles. The molecule has 3 heteroatoms. The maximum absolute atomic E-state index is 5.59. The first-order valence-corrected chi connectivity index (χ1v) is 6.69. The fourth-order valence-electron chi connectivity index (χ4n) is 2.09. The van der Waals surface area contributed by atoms with E-state index in [1.54, 1.807) is 0 Å². The second-order valence-electron chi connectivity index (χ2n) is 5.02. The molecule has 1 aromatic heterocycles. The largest absolute Gasteiger partial charge is 0.466 e. The predicted molar refractivity (Wildman–Crippen MR) is 77.8 cm³/mol. The second kappa shape index (κ2) is 6.55. The molecular formula is C16H22N2O. The molecule has 1 aromatic carbocycles. The zero-order valence-corrected chi connectivity index (χ0v) is 11.7. The molecule has 1 heterocycles. The van der Waals surface area contributed by atoms with Gasteiger partial charge in [0.2, 0.25) is 0 Å². The van der Waals surface area contributed by atoms with Crippen LogP contribution in [0.5, 0.6) is 0 Å². The third kappa shape index (κ3) is 4.23. The standard InChI is InChI=1S/C16H22N2O/c1-13-3-8-16(19-13)9-10-18(2)12-15-6-4-14(11-17)5-7-15/h3-8H,9-12,17H2,1-2H3. The van der Waals surface area contributed by atoms with Crippen molar-refractivity contribution < 1.29 is 4.42 Å². The summed E-state index contributed by atoms with van der Waals surface area (Å²) in [7, 11) is 2.13.